The molecule has 3 aliphatic heterocycles. The fourth-order valence-corrected chi connectivity index (χ4v) is 5.06. The van der Waals surface area contributed by atoms with Crippen LogP contribution < -0.4 is 0 Å². The van der Waals surface area contributed by atoms with Gasteiger partial charge >= 0.3 is 0 Å². The molecule has 28 heavy (non-hydrogen) atoms. The van der Waals surface area contributed by atoms with Crippen LogP contribution >= 0.6 is 0 Å². The third-order valence-corrected chi connectivity index (χ3v) is 6.54. The van der Waals surface area contributed by atoms with Gasteiger partial charge in [0.15, 0.2) is 0 Å². The summed E-state index contributed by atoms with van der Waals surface area (Å²) in [4.78, 5) is 12.9. The number of aryl methyl sites for hydroxylation is 1. The zero-order valence-electron chi connectivity index (χ0n) is 16.4. The molecule has 5 heterocycles. The molecule has 2 aromatic heterocycles. The van der Waals surface area contributed by atoms with Crippen LogP contribution in [0.25, 0.3) is 10.9 Å². The van der Waals surface area contributed by atoms with Gasteiger partial charge in [-0.1, -0.05) is 0 Å². The van der Waals surface area contributed by atoms with Crippen LogP contribution in [-0.4, -0.2) is 45.4 Å². The van der Waals surface area contributed by atoms with Gasteiger partial charge < -0.3 is 4.98 Å². The average molecular weight is 378 g/mol. The van der Waals surface area contributed by atoms with Gasteiger partial charge in [-0.05, 0) is 67.1 Å². The summed E-state index contributed by atoms with van der Waals surface area (Å²) in [7, 11) is 0. The molecule has 4 nitrogen and oxygen atoms in total. The summed E-state index contributed by atoms with van der Waals surface area (Å²) in [5.74, 6) is 0.560. The van der Waals surface area contributed by atoms with Crippen molar-refractivity contribution in [1.29, 1.82) is 0 Å². The Hall–Kier alpha value is -2.24. The molecule has 3 fully saturated rings. The first kappa shape index (κ1) is 17.8. The van der Waals surface area contributed by atoms with E-state index in [4.69, 9.17) is 0 Å². The molecule has 146 valence electrons. The number of aromatic nitrogens is 2. The lowest BCUT2D eigenvalue weighted by Crippen LogP contribution is -2.43. The number of rotatable bonds is 4. The Morgan fingerprint density at radius 2 is 1.93 bits per heavy atom. The van der Waals surface area contributed by atoms with Crippen molar-refractivity contribution in [3.05, 3.63) is 65.4 Å². The lowest BCUT2D eigenvalue weighted by atomic mass is 9.94. The summed E-state index contributed by atoms with van der Waals surface area (Å²) < 4.78 is 13.6. The second-order valence-corrected chi connectivity index (χ2v) is 8.49. The minimum absolute atomic E-state index is 0.165. The highest BCUT2D eigenvalue weighted by atomic mass is 19.1. The molecule has 0 unspecified atom stereocenters. The standard InChI is InChI=1S/C23H27FN4/c1-16-21-10-19(24)3-5-22(21)26-23(16)15-28-13-18-2-4-20(28)14-27(12-18)11-17-6-8-25-9-7-17/h3,5-10,18,20,26H,2,4,11-15H2,1H3/t18-,20+/m0/s1. The number of aromatic amines is 1. The Balaban J connectivity index is 1.34. The van der Waals surface area contributed by atoms with Crippen LogP contribution in [-0.2, 0) is 13.1 Å². The Bertz CT molecular complexity index is 967. The Morgan fingerprint density at radius 1 is 1.07 bits per heavy atom. The Labute approximate surface area is 165 Å². The second-order valence-electron chi connectivity index (χ2n) is 8.49. The lowest BCUT2D eigenvalue weighted by molar-refractivity contribution is 0.121. The number of pyridine rings is 1. The fourth-order valence-electron chi connectivity index (χ4n) is 5.06. The number of hydrogen-bond donors (Lipinski definition) is 1. The number of piperidine rings is 1. The van der Waals surface area contributed by atoms with E-state index in [2.05, 4.69) is 38.8 Å². The van der Waals surface area contributed by atoms with Gasteiger partial charge in [-0.2, -0.15) is 0 Å². The highest BCUT2D eigenvalue weighted by Gasteiger charge is 2.35. The van der Waals surface area contributed by atoms with Crippen molar-refractivity contribution in [2.45, 2.75) is 38.9 Å². The van der Waals surface area contributed by atoms with Gasteiger partial charge in [0, 0.05) is 67.8 Å². The molecule has 0 aliphatic carbocycles. The van der Waals surface area contributed by atoms with E-state index in [9.17, 15) is 4.39 Å². The van der Waals surface area contributed by atoms with Crippen LogP contribution in [0.4, 0.5) is 4.39 Å². The Morgan fingerprint density at radius 3 is 2.79 bits per heavy atom. The number of fused-ring (bicyclic) bond motifs is 5. The maximum absolute atomic E-state index is 13.6. The number of nitrogens with one attached hydrogen (secondary N) is 1. The van der Waals surface area contributed by atoms with E-state index in [0.29, 0.717) is 6.04 Å². The van der Waals surface area contributed by atoms with Gasteiger partial charge in [0.05, 0.1) is 0 Å². The maximum atomic E-state index is 13.6. The molecule has 2 atom stereocenters. The van der Waals surface area contributed by atoms with Crippen molar-refractivity contribution in [3.63, 3.8) is 0 Å². The molecule has 3 aliphatic rings. The van der Waals surface area contributed by atoms with Crippen molar-refractivity contribution >= 4 is 10.9 Å². The van der Waals surface area contributed by atoms with E-state index in [-0.39, 0.29) is 5.82 Å². The summed E-state index contributed by atoms with van der Waals surface area (Å²) in [6, 6.07) is 9.87. The lowest BCUT2D eigenvalue weighted by Gasteiger charge is -2.36. The molecule has 0 saturated carbocycles. The molecule has 0 amide bonds. The van der Waals surface area contributed by atoms with E-state index in [1.54, 1.807) is 6.07 Å². The molecule has 6 rings (SSSR count). The molecule has 1 aromatic carbocycles. The summed E-state index contributed by atoms with van der Waals surface area (Å²) in [5.41, 5.74) is 4.79. The molecule has 0 radical (unpaired) electrons. The van der Waals surface area contributed by atoms with Gasteiger partial charge in [-0.15, -0.1) is 0 Å². The van der Waals surface area contributed by atoms with Gasteiger partial charge in [-0.3, -0.25) is 14.8 Å². The predicted octanol–water partition coefficient (Wildman–Crippen LogP) is 4.11. The van der Waals surface area contributed by atoms with Gasteiger partial charge in [0.25, 0.3) is 0 Å². The molecule has 1 N–H and O–H groups in total. The van der Waals surface area contributed by atoms with Gasteiger partial charge in [0.1, 0.15) is 5.82 Å². The zero-order chi connectivity index (χ0) is 19.1. The van der Waals surface area contributed by atoms with E-state index >= 15 is 0 Å². The second kappa shape index (κ2) is 7.30. The molecular formula is C23H27FN4. The topological polar surface area (TPSA) is 35.2 Å². The molecular weight excluding hydrogens is 351 g/mol. The number of benzene rings is 1. The molecule has 2 bridgehead atoms. The third kappa shape index (κ3) is 3.45. The van der Waals surface area contributed by atoms with E-state index in [1.807, 2.05) is 18.5 Å². The van der Waals surface area contributed by atoms with E-state index in [0.717, 1.165) is 43.0 Å². The SMILES string of the molecule is Cc1c(CN2C[C@H]3CC[C@@H]2CN(Cc2ccncc2)C3)[nH]c2ccc(F)cc12. The summed E-state index contributed by atoms with van der Waals surface area (Å²) in [6.45, 7) is 7.49. The smallest absolute Gasteiger partial charge is 0.123 e. The quantitative estimate of drug-likeness (QED) is 0.742. The van der Waals surface area contributed by atoms with Crippen LogP contribution in [0.5, 0.6) is 0 Å². The van der Waals surface area contributed by atoms with Crippen molar-refractivity contribution in [2.24, 2.45) is 5.92 Å². The monoisotopic (exact) mass is 378 g/mol. The third-order valence-electron chi connectivity index (χ3n) is 6.54. The van der Waals surface area contributed by atoms with Crippen LogP contribution in [0.3, 0.4) is 0 Å². The minimum atomic E-state index is -0.165. The van der Waals surface area contributed by atoms with E-state index in [1.165, 1.54) is 42.3 Å². The number of H-pyrrole nitrogens is 1. The molecule has 0 spiro atoms. The van der Waals surface area contributed by atoms with Gasteiger partial charge in [0.2, 0.25) is 0 Å². The van der Waals surface area contributed by atoms with Crippen LogP contribution in [0.1, 0.15) is 29.7 Å². The van der Waals surface area contributed by atoms with Gasteiger partial charge in [-0.25, -0.2) is 4.39 Å². The summed E-state index contributed by atoms with van der Waals surface area (Å²) in [6.07, 6.45) is 6.36. The summed E-state index contributed by atoms with van der Waals surface area (Å²) in [5, 5.41) is 1.01. The average Bonchev–Trinajstić information content (AvgIpc) is 2.84. The number of halogens is 1. The fraction of sp³-hybridized carbons (Fsp3) is 0.435. The van der Waals surface area contributed by atoms with Crippen LogP contribution in [0.15, 0.2) is 42.7 Å². The normalized spacial score (nSPS) is 23.4. The molecule has 3 aromatic rings. The first-order valence-electron chi connectivity index (χ1n) is 10.3. The maximum Gasteiger partial charge on any atom is 0.123 e. The summed E-state index contributed by atoms with van der Waals surface area (Å²) >= 11 is 0. The van der Waals surface area contributed by atoms with Crippen LogP contribution in [0.2, 0.25) is 0 Å². The van der Waals surface area contributed by atoms with Crippen molar-refractivity contribution in [1.82, 2.24) is 19.8 Å². The predicted molar refractivity (Wildman–Crippen MR) is 109 cm³/mol. The largest absolute Gasteiger partial charge is 0.357 e. The van der Waals surface area contributed by atoms with Crippen LogP contribution in [0, 0.1) is 18.7 Å². The minimum Gasteiger partial charge on any atom is -0.357 e. The first-order valence-corrected chi connectivity index (χ1v) is 10.3. The van der Waals surface area contributed by atoms with Crippen molar-refractivity contribution in [3.8, 4) is 0 Å². The Kier molecular flexibility index (Phi) is 4.65. The van der Waals surface area contributed by atoms with E-state index < -0.39 is 0 Å². The van der Waals surface area contributed by atoms with Crippen molar-refractivity contribution in [2.75, 3.05) is 19.6 Å². The highest BCUT2D eigenvalue weighted by molar-refractivity contribution is 5.84. The molecule has 5 heteroatoms. The first-order chi connectivity index (χ1) is 13.7. The number of nitrogens with zero attached hydrogens (tertiary/aromatic N) is 3. The molecule has 3 saturated heterocycles. The number of hydrogen-bond acceptors (Lipinski definition) is 3. The highest BCUT2D eigenvalue weighted by Crippen LogP contribution is 2.31. The zero-order valence-corrected chi connectivity index (χ0v) is 16.4. The van der Waals surface area contributed by atoms with Crippen molar-refractivity contribution < 1.29 is 4.39 Å².